The van der Waals surface area contributed by atoms with Crippen LogP contribution in [-0.2, 0) is 6.42 Å². The van der Waals surface area contributed by atoms with Gasteiger partial charge in [0.25, 0.3) is 0 Å². The summed E-state index contributed by atoms with van der Waals surface area (Å²) in [6, 6.07) is 5.57. The van der Waals surface area contributed by atoms with Gasteiger partial charge < -0.3 is 10.2 Å². The first-order valence-electron chi connectivity index (χ1n) is 5.42. The second kappa shape index (κ2) is 5.24. The highest BCUT2D eigenvalue weighted by atomic mass is 16.3. The number of aliphatic hydroxyl groups excluding tert-OH is 1. The number of pyridine rings is 1. The average Bonchev–Trinajstić information content (AvgIpc) is 2.29. The maximum Gasteiger partial charge on any atom is 0.0904 e. The van der Waals surface area contributed by atoms with Gasteiger partial charge in [-0.1, -0.05) is 19.9 Å². The molecule has 0 spiro atoms. The largest absolute Gasteiger partial charge is 0.390 e. The van der Waals surface area contributed by atoms with Gasteiger partial charge in [-0.05, 0) is 25.0 Å². The summed E-state index contributed by atoms with van der Waals surface area (Å²) >= 11 is 0. The van der Waals surface area contributed by atoms with Gasteiger partial charge in [-0.3, -0.25) is 4.98 Å². The van der Waals surface area contributed by atoms with Crippen LogP contribution in [0.3, 0.4) is 0 Å². The molecule has 15 heavy (non-hydrogen) atoms. The summed E-state index contributed by atoms with van der Waals surface area (Å²) < 4.78 is 0. The summed E-state index contributed by atoms with van der Waals surface area (Å²) in [5, 5.41) is 20.0. The van der Waals surface area contributed by atoms with E-state index in [0.29, 0.717) is 19.3 Å². The summed E-state index contributed by atoms with van der Waals surface area (Å²) in [7, 11) is 0. The summed E-state index contributed by atoms with van der Waals surface area (Å²) in [4.78, 5) is 4.13. The summed E-state index contributed by atoms with van der Waals surface area (Å²) in [5.41, 5.74) is -0.178. The van der Waals surface area contributed by atoms with E-state index in [1.165, 1.54) is 0 Å². The third kappa shape index (κ3) is 3.01. The van der Waals surface area contributed by atoms with Crippen molar-refractivity contribution in [1.82, 2.24) is 4.98 Å². The molecule has 1 atom stereocenters. The van der Waals surface area contributed by atoms with Crippen molar-refractivity contribution in [2.75, 3.05) is 0 Å². The monoisotopic (exact) mass is 209 g/mol. The molecule has 0 radical (unpaired) electrons. The SMILES string of the molecule is CCC(O)(CC)C(O)Cc1ccccn1. The van der Waals surface area contributed by atoms with Gasteiger partial charge in [-0.25, -0.2) is 0 Å². The molecule has 84 valence electrons. The lowest BCUT2D eigenvalue weighted by molar-refractivity contribution is -0.0793. The van der Waals surface area contributed by atoms with Crippen LogP contribution in [0.5, 0.6) is 0 Å². The van der Waals surface area contributed by atoms with E-state index in [1.54, 1.807) is 6.20 Å². The van der Waals surface area contributed by atoms with Crippen molar-refractivity contribution in [3.8, 4) is 0 Å². The topological polar surface area (TPSA) is 53.4 Å². The van der Waals surface area contributed by atoms with Gasteiger partial charge in [-0.15, -0.1) is 0 Å². The lowest BCUT2D eigenvalue weighted by atomic mass is 9.88. The van der Waals surface area contributed by atoms with Gasteiger partial charge in [0.2, 0.25) is 0 Å². The Kier molecular flexibility index (Phi) is 4.24. The molecule has 3 nitrogen and oxygen atoms in total. The maximum absolute atomic E-state index is 10.1. The van der Waals surface area contributed by atoms with E-state index in [1.807, 2.05) is 32.0 Å². The molecule has 0 saturated heterocycles. The lowest BCUT2D eigenvalue weighted by Crippen LogP contribution is -2.42. The minimum Gasteiger partial charge on any atom is -0.390 e. The molecule has 0 aromatic carbocycles. The number of rotatable bonds is 5. The Hall–Kier alpha value is -0.930. The Bertz CT molecular complexity index is 283. The van der Waals surface area contributed by atoms with Crippen LogP contribution in [0.15, 0.2) is 24.4 Å². The molecular weight excluding hydrogens is 190 g/mol. The Morgan fingerprint density at radius 2 is 2.00 bits per heavy atom. The van der Waals surface area contributed by atoms with Crippen molar-refractivity contribution in [3.05, 3.63) is 30.1 Å². The zero-order valence-corrected chi connectivity index (χ0v) is 9.35. The number of hydrogen-bond donors (Lipinski definition) is 2. The predicted octanol–water partition coefficient (Wildman–Crippen LogP) is 1.54. The fraction of sp³-hybridized carbons (Fsp3) is 0.583. The number of hydrogen-bond acceptors (Lipinski definition) is 3. The van der Waals surface area contributed by atoms with Crippen LogP contribution in [0, 0.1) is 0 Å². The van der Waals surface area contributed by atoms with Gasteiger partial charge in [0.1, 0.15) is 0 Å². The number of aliphatic hydroxyl groups is 2. The average molecular weight is 209 g/mol. The van der Waals surface area contributed by atoms with E-state index >= 15 is 0 Å². The molecule has 1 aromatic heterocycles. The Morgan fingerprint density at radius 1 is 1.33 bits per heavy atom. The molecule has 0 bridgehead atoms. The predicted molar refractivity (Wildman–Crippen MR) is 59.5 cm³/mol. The van der Waals surface area contributed by atoms with Crippen LogP contribution in [0.1, 0.15) is 32.4 Å². The fourth-order valence-corrected chi connectivity index (χ4v) is 1.63. The van der Waals surface area contributed by atoms with Gasteiger partial charge in [0.05, 0.1) is 11.7 Å². The van der Waals surface area contributed by atoms with E-state index in [4.69, 9.17) is 0 Å². The molecule has 0 fully saturated rings. The van der Waals surface area contributed by atoms with E-state index in [9.17, 15) is 10.2 Å². The highest BCUT2D eigenvalue weighted by molar-refractivity contribution is 5.06. The first-order chi connectivity index (χ1) is 7.12. The molecule has 1 heterocycles. The second-order valence-corrected chi connectivity index (χ2v) is 3.85. The third-order valence-electron chi connectivity index (χ3n) is 2.97. The zero-order valence-electron chi connectivity index (χ0n) is 9.35. The molecule has 0 saturated carbocycles. The lowest BCUT2D eigenvalue weighted by Gasteiger charge is -2.30. The highest BCUT2D eigenvalue weighted by Gasteiger charge is 2.31. The molecule has 0 amide bonds. The maximum atomic E-state index is 10.1. The van der Waals surface area contributed by atoms with Crippen molar-refractivity contribution in [3.63, 3.8) is 0 Å². The van der Waals surface area contributed by atoms with Crippen LogP contribution in [0.25, 0.3) is 0 Å². The van der Waals surface area contributed by atoms with Crippen molar-refractivity contribution in [2.45, 2.75) is 44.8 Å². The van der Waals surface area contributed by atoms with Crippen molar-refractivity contribution >= 4 is 0 Å². The van der Waals surface area contributed by atoms with Crippen molar-refractivity contribution in [2.24, 2.45) is 0 Å². The van der Waals surface area contributed by atoms with Crippen molar-refractivity contribution in [1.29, 1.82) is 0 Å². The van der Waals surface area contributed by atoms with Crippen LogP contribution in [0.2, 0.25) is 0 Å². The number of nitrogens with zero attached hydrogens (tertiary/aromatic N) is 1. The highest BCUT2D eigenvalue weighted by Crippen LogP contribution is 2.21. The number of aromatic nitrogens is 1. The van der Waals surface area contributed by atoms with Crippen molar-refractivity contribution < 1.29 is 10.2 Å². The van der Waals surface area contributed by atoms with Crippen LogP contribution < -0.4 is 0 Å². The molecule has 2 N–H and O–H groups in total. The van der Waals surface area contributed by atoms with Crippen LogP contribution >= 0.6 is 0 Å². The van der Waals surface area contributed by atoms with E-state index in [2.05, 4.69) is 4.98 Å². The fourth-order valence-electron chi connectivity index (χ4n) is 1.63. The minimum atomic E-state index is -0.989. The summed E-state index contributed by atoms with van der Waals surface area (Å²) in [6.45, 7) is 3.76. The Morgan fingerprint density at radius 3 is 2.47 bits per heavy atom. The molecule has 1 unspecified atom stereocenters. The summed E-state index contributed by atoms with van der Waals surface area (Å²) in [6.07, 6.45) is 2.45. The van der Waals surface area contributed by atoms with E-state index in [-0.39, 0.29) is 0 Å². The first-order valence-corrected chi connectivity index (χ1v) is 5.42. The molecule has 1 aromatic rings. The summed E-state index contributed by atoms with van der Waals surface area (Å²) in [5.74, 6) is 0. The Labute approximate surface area is 90.8 Å². The van der Waals surface area contributed by atoms with E-state index in [0.717, 1.165) is 5.69 Å². The third-order valence-corrected chi connectivity index (χ3v) is 2.97. The van der Waals surface area contributed by atoms with Crippen LogP contribution in [0.4, 0.5) is 0 Å². The zero-order chi connectivity index (χ0) is 11.3. The standard InChI is InChI=1S/C12H19NO2/c1-3-12(15,4-2)11(14)9-10-7-5-6-8-13-10/h5-8,11,14-15H,3-4,9H2,1-2H3. The van der Waals surface area contributed by atoms with E-state index < -0.39 is 11.7 Å². The Balaban J connectivity index is 2.66. The molecule has 1 rings (SSSR count). The molecular formula is C12H19NO2. The molecule has 0 aliphatic rings. The second-order valence-electron chi connectivity index (χ2n) is 3.85. The molecule has 0 aliphatic heterocycles. The quantitative estimate of drug-likeness (QED) is 0.773. The normalized spacial score (nSPS) is 13.9. The van der Waals surface area contributed by atoms with Gasteiger partial charge in [0, 0.05) is 18.3 Å². The smallest absolute Gasteiger partial charge is 0.0904 e. The van der Waals surface area contributed by atoms with Gasteiger partial charge >= 0.3 is 0 Å². The van der Waals surface area contributed by atoms with Gasteiger partial charge in [-0.2, -0.15) is 0 Å². The first kappa shape index (κ1) is 12.1. The minimum absolute atomic E-state index is 0.402. The van der Waals surface area contributed by atoms with Gasteiger partial charge in [0.15, 0.2) is 0 Å². The van der Waals surface area contributed by atoms with Crippen LogP contribution in [-0.4, -0.2) is 26.9 Å². The molecule has 0 aliphatic carbocycles. The molecule has 3 heteroatoms.